The number of hydrogen-bond donors (Lipinski definition) is 0. The molecule has 0 aromatic heterocycles. The van der Waals surface area contributed by atoms with Gasteiger partial charge in [-0.15, -0.1) is 0 Å². The van der Waals surface area contributed by atoms with Gasteiger partial charge in [0, 0.05) is 0 Å². The fourth-order valence-corrected chi connectivity index (χ4v) is 1.17. The van der Waals surface area contributed by atoms with Crippen molar-refractivity contribution >= 4 is 15.9 Å². The summed E-state index contributed by atoms with van der Waals surface area (Å²) in [6.07, 6.45) is -0.489. The Hall–Kier alpha value is 0.360. The van der Waals surface area contributed by atoms with Crippen LogP contribution in [0.3, 0.4) is 0 Å². The Bertz CT molecular complexity index is 99.2. The zero-order valence-electron chi connectivity index (χ0n) is 6.04. The van der Waals surface area contributed by atoms with Gasteiger partial charge < -0.3 is 14.2 Å². The lowest BCUT2D eigenvalue weighted by molar-refractivity contribution is -0.365. The van der Waals surface area contributed by atoms with Crippen molar-refractivity contribution in [2.45, 2.75) is 32.7 Å². The molecule has 0 aromatic carbocycles. The molecule has 1 fully saturated rings. The molecule has 0 N–H and O–H groups in total. The maximum atomic E-state index is 5.21. The third-order valence-corrected chi connectivity index (χ3v) is 1.72. The van der Waals surface area contributed by atoms with Crippen LogP contribution in [0.2, 0.25) is 0 Å². The molecular formula is C6H11BrO3. The Labute approximate surface area is 68.8 Å². The number of hydrogen-bond acceptors (Lipinski definition) is 3. The molecule has 1 saturated heterocycles. The van der Waals surface area contributed by atoms with Crippen LogP contribution in [0.1, 0.15) is 13.8 Å². The van der Waals surface area contributed by atoms with Gasteiger partial charge in [-0.2, -0.15) is 0 Å². The largest absolute Gasteiger partial charge is 0.324 e. The molecule has 3 nitrogen and oxygen atoms in total. The molecule has 10 heavy (non-hydrogen) atoms. The number of alkyl halides is 1. The van der Waals surface area contributed by atoms with Crippen molar-refractivity contribution in [2.24, 2.45) is 0 Å². The summed E-state index contributed by atoms with van der Waals surface area (Å²) in [4.78, 5) is 0. The van der Waals surface area contributed by atoms with Crippen LogP contribution in [0.5, 0.6) is 0 Å². The summed E-state index contributed by atoms with van der Waals surface area (Å²) >= 11 is 3.26. The van der Waals surface area contributed by atoms with Gasteiger partial charge in [0.25, 0.3) is 0 Å². The van der Waals surface area contributed by atoms with Crippen molar-refractivity contribution in [3.05, 3.63) is 0 Å². The highest BCUT2D eigenvalue weighted by molar-refractivity contribution is 9.09. The van der Waals surface area contributed by atoms with Gasteiger partial charge in [-0.25, -0.2) is 0 Å². The van der Waals surface area contributed by atoms with Gasteiger partial charge in [0.2, 0.25) is 0 Å². The molecule has 1 aliphatic rings. The van der Waals surface area contributed by atoms with E-state index in [1.54, 1.807) is 0 Å². The van der Waals surface area contributed by atoms with E-state index in [4.69, 9.17) is 14.2 Å². The molecule has 0 aliphatic carbocycles. The molecule has 0 bridgehead atoms. The Kier molecular flexibility index (Phi) is 3.10. The summed E-state index contributed by atoms with van der Waals surface area (Å²) < 4.78 is 15.6. The highest BCUT2D eigenvalue weighted by Crippen LogP contribution is 2.15. The summed E-state index contributed by atoms with van der Waals surface area (Å²) in [5, 5.41) is 0.686. The fourth-order valence-electron chi connectivity index (χ4n) is 0.866. The molecule has 0 spiro atoms. The second kappa shape index (κ2) is 3.67. The molecule has 0 aromatic rings. The van der Waals surface area contributed by atoms with E-state index in [9.17, 15) is 0 Å². The van der Waals surface area contributed by atoms with E-state index in [1.807, 2.05) is 13.8 Å². The lowest BCUT2D eigenvalue weighted by atomic mass is 10.6. The Morgan fingerprint density at radius 1 is 1.10 bits per heavy atom. The molecule has 1 heterocycles. The summed E-state index contributed by atoms with van der Waals surface area (Å²) in [7, 11) is 0. The predicted octanol–water partition coefficient (Wildman–Crippen LogP) is 1.46. The molecule has 0 amide bonds. The van der Waals surface area contributed by atoms with Crippen molar-refractivity contribution in [2.75, 3.05) is 5.33 Å². The van der Waals surface area contributed by atoms with Crippen molar-refractivity contribution in [1.29, 1.82) is 0 Å². The smallest absolute Gasteiger partial charge is 0.173 e. The van der Waals surface area contributed by atoms with Crippen LogP contribution in [0.15, 0.2) is 0 Å². The van der Waals surface area contributed by atoms with Gasteiger partial charge >= 0.3 is 0 Å². The average Bonchev–Trinajstić information content (AvgIpc) is 1.85. The number of ether oxygens (including phenoxy) is 3. The molecule has 60 valence electrons. The third-order valence-electron chi connectivity index (χ3n) is 1.20. The third kappa shape index (κ3) is 2.20. The molecular weight excluding hydrogens is 200 g/mol. The van der Waals surface area contributed by atoms with E-state index in [1.165, 1.54) is 0 Å². The molecule has 0 radical (unpaired) electrons. The van der Waals surface area contributed by atoms with Gasteiger partial charge in [-0.05, 0) is 13.8 Å². The summed E-state index contributed by atoms with van der Waals surface area (Å²) in [6.45, 7) is 3.71. The van der Waals surface area contributed by atoms with E-state index >= 15 is 0 Å². The first kappa shape index (κ1) is 8.46. The molecule has 1 aliphatic heterocycles. The van der Waals surface area contributed by atoms with E-state index < -0.39 is 0 Å². The predicted molar refractivity (Wildman–Crippen MR) is 39.8 cm³/mol. The zero-order valence-corrected chi connectivity index (χ0v) is 7.63. The van der Waals surface area contributed by atoms with Gasteiger partial charge in [0.15, 0.2) is 18.9 Å². The molecule has 1 rings (SSSR count). The van der Waals surface area contributed by atoms with Crippen LogP contribution in [-0.2, 0) is 14.2 Å². The van der Waals surface area contributed by atoms with Crippen LogP contribution in [0, 0.1) is 0 Å². The normalized spacial score (nSPS) is 41.7. The van der Waals surface area contributed by atoms with Gasteiger partial charge in [-0.3, -0.25) is 0 Å². The van der Waals surface area contributed by atoms with Gasteiger partial charge in [-0.1, -0.05) is 15.9 Å². The number of rotatable bonds is 1. The van der Waals surface area contributed by atoms with Gasteiger partial charge in [0.05, 0.1) is 5.33 Å². The van der Waals surface area contributed by atoms with Crippen LogP contribution in [-0.4, -0.2) is 24.2 Å². The minimum Gasteiger partial charge on any atom is -0.324 e. The lowest BCUT2D eigenvalue weighted by Crippen LogP contribution is -2.38. The summed E-state index contributed by atoms with van der Waals surface area (Å²) in [6, 6.07) is 0. The quantitative estimate of drug-likeness (QED) is 0.614. The molecule has 0 saturated carbocycles. The van der Waals surface area contributed by atoms with E-state index in [0.29, 0.717) is 5.33 Å². The summed E-state index contributed by atoms with van der Waals surface area (Å²) in [5.41, 5.74) is 0. The maximum Gasteiger partial charge on any atom is 0.173 e. The van der Waals surface area contributed by atoms with Gasteiger partial charge in [0.1, 0.15) is 0 Å². The number of halogens is 1. The van der Waals surface area contributed by atoms with Crippen LogP contribution >= 0.6 is 15.9 Å². The van der Waals surface area contributed by atoms with Crippen molar-refractivity contribution in [3.8, 4) is 0 Å². The lowest BCUT2D eigenvalue weighted by Gasteiger charge is -2.31. The first-order valence-corrected chi connectivity index (χ1v) is 4.37. The minimum absolute atomic E-state index is 0.161. The molecule has 4 heteroatoms. The van der Waals surface area contributed by atoms with E-state index in [2.05, 4.69) is 15.9 Å². The zero-order chi connectivity index (χ0) is 7.56. The topological polar surface area (TPSA) is 27.7 Å². The molecule has 1 unspecified atom stereocenters. The van der Waals surface area contributed by atoms with Crippen molar-refractivity contribution in [3.63, 3.8) is 0 Å². The monoisotopic (exact) mass is 210 g/mol. The fraction of sp³-hybridized carbons (Fsp3) is 1.00. The SMILES string of the molecule is C[C@@H]1OC(CBr)O[C@H](C)O1. The average molecular weight is 211 g/mol. The highest BCUT2D eigenvalue weighted by atomic mass is 79.9. The standard InChI is InChI=1S/C6H11BrO3/c1-4-8-5(2)10-6(3-7)9-4/h4-6H,3H2,1-2H3/t4-,5+,6?. The Morgan fingerprint density at radius 2 is 1.60 bits per heavy atom. The first-order chi connectivity index (χ1) is 4.72. The second-order valence-electron chi connectivity index (χ2n) is 2.13. The van der Waals surface area contributed by atoms with E-state index in [0.717, 1.165) is 0 Å². The second-order valence-corrected chi connectivity index (χ2v) is 2.77. The van der Waals surface area contributed by atoms with Crippen molar-refractivity contribution in [1.82, 2.24) is 0 Å². The Balaban J connectivity index is 2.35. The molecule has 3 atom stereocenters. The first-order valence-electron chi connectivity index (χ1n) is 3.24. The highest BCUT2D eigenvalue weighted by Gasteiger charge is 2.23. The maximum absolute atomic E-state index is 5.21. The Morgan fingerprint density at radius 3 is 2.00 bits per heavy atom. The van der Waals surface area contributed by atoms with Crippen LogP contribution < -0.4 is 0 Å². The van der Waals surface area contributed by atoms with Crippen LogP contribution in [0.25, 0.3) is 0 Å². The minimum atomic E-state index is -0.168. The van der Waals surface area contributed by atoms with Crippen LogP contribution in [0.4, 0.5) is 0 Å². The van der Waals surface area contributed by atoms with E-state index in [-0.39, 0.29) is 18.9 Å². The summed E-state index contributed by atoms with van der Waals surface area (Å²) in [5.74, 6) is 0. The van der Waals surface area contributed by atoms with Crippen molar-refractivity contribution < 1.29 is 14.2 Å².